The lowest BCUT2D eigenvalue weighted by atomic mass is 9.78. The number of carbonyl (C=O) groups is 1. The van der Waals surface area contributed by atoms with Gasteiger partial charge in [-0.15, -0.1) is 0 Å². The van der Waals surface area contributed by atoms with Gasteiger partial charge in [-0.1, -0.05) is 18.2 Å². The highest BCUT2D eigenvalue weighted by Gasteiger charge is 2.52. The molecule has 1 amide bonds. The van der Waals surface area contributed by atoms with Gasteiger partial charge in [0.25, 0.3) is 5.91 Å². The Morgan fingerprint density at radius 2 is 2.04 bits per heavy atom. The third-order valence-electron chi connectivity index (χ3n) is 5.65. The van der Waals surface area contributed by atoms with E-state index in [4.69, 9.17) is 4.74 Å². The van der Waals surface area contributed by atoms with Crippen molar-refractivity contribution < 1.29 is 13.9 Å². The van der Waals surface area contributed by atoms with Crippen LogP contribution in [0.1, 0.15) is 28.8 Å². The van der Waals surface area contributed by atoms with E-state index >= 15 is 0 Å². The molecule has 1 spiro atoms. The van der Waals surface area contributed by atoms with Crippen molar-refractivity contribution in [3.63, 3.8) is 0 Å². The highest BCUT2D eigenvalue weighted by Crippen LogP contribution is 2.42. The molecular formula is C21H24FN3O2. The Labute approximate surface area is 158 Å². The van der Waals surface area contributed by atoms with Crippen LogP contribution in [-0.2, 0) is 11.3 Å². The fourth-order valence-electron chi connectivity index (χ4n) is 4.20. The Bertz CT molecular complexity index is 793. The number of aromatic nitrogens is 1. The predicted octanol–water partition coefficient (Wildman–Crippen LogP) is 2.63. The van der Waals surface area contributed by atoms with Crippen LogP contribution in [-0.4, -0.2) is 47.6 Å². The molecule has 2 aliphatic heterocycles. The third-order valence-corrected chi connectivity index (χ3v) is 5.65. The fraction of sp³-hybridized carbons (Fsp3) is 0.429. The lowest BCUT2D eigenvalue weighted by Crippen LogP contribution is -2.64. The van der Waals surface area contributed by atoms with E-state index in [2.05, 4.69) is 15.2 Å². The number of carbonyl (C=O) groups excluding carboxylic acids is 1. The van der Waals surface area contributed by atoms with Crippen LogP contribution in [0.3, 0.4) is 0 Å². The average molecular weight is 369 g/mol. The number of nitrogens with zero attached hydrogens (tertiary/aromatic N) is 2. The fourth-order valence-corrected chi connectivity index (χ4v) is 4.20. The average Bonchev–Trinajstić information content (AvgIpc) is 3.08. The molecule has 27 heavy (non-hydrogen) atoms. The minimum Gasteiger partial charge on any atom is -0.372 e. The second-order valence-electron chi connectivity index (χ2n) is 7.42. The molecule has 1 aromatic carbocycles. The number of likely N-dealkylation sites (tertiary alicyclic amines) is 1. The molecule has 2 fully saturated rings. The topological polar surface area (TPSA) is 54.5 Å². The molecule has 0 saturated carbocycles. The smallest absolute Gasteiger partial charge is 0.251 e. The standard InChI is InChI=1S/C21H24FN3O2/c22-19-4-2-1-3-17(19)13-25-14-21(15-25)18(8-12-27-21)7-11-24-20(26)16-5-9-23-10-6-16/h1-6,9-10,18H,7-8,11-15H2,(H,24,26)/t18-/m0/s1. The first-order valence-electron chi connectivity index (χ1n) is 9.44. The predicted molar refractivity (Wildman–Crippen MR) is 99.7 cm³/mol. The highest BCUT2D eigenvalue weighted by atomic mass is 19.1. The SMILES string of the molecule is O=C(NCC[C@H]1CCOC12CN(Cc1ccccc1F)C2)c1ccncc1. The molecule has 1 atom stereocenters. The van der Waals surface area contributed by atoms with Crippen molar-refractivity contribution in [1.82, 2.24) is 15.2 Å². The summed E-state index contributed by atoms with van der Waals surface area (Å²) >= 11 is 0. The second-order valence-corrected chi connectivity index (χ2v) is 7.42. The van der Waals surface area contributed by atoms with Crippen LogP contribution in [0.4, 0.5) is 4.39 Å². The first kappa shape index (κ1) is 18.1. The molecule has 0 radical (unpaired) electrons. The molecule has 2 aliphatic rings. The summed E-state index contributed by atoms with van der Waals surface area (Å²) in [5.41, 5.74) is 1.22. The van der Waals surface area contributed by atoms with Gasteiger partial charge in [0, 0.05) is 56.3 Å². The van der Waals surface area contributed by atoms with E-state index in [1.54, 1.807) is 30.6 Å². The van der Waals surface area contributed by atoms with Crippen molar-refractivity contribution in [3.8, 4) is 0 Å². The first-order valence-corrected chi connectivity index (χ1v) is 9.44. The zero-order chi connectivity index (χ0) is 18.7. The van der Waals surface area contributed by atoms with Gasteiger partial charge in [0.05, 0.1) is 5.60 Å². The van der Waals surface area contributed by atoms with Crippen LogP contribution in [0, 0.1) is 11.7 Å². The Morgan fingerprint density at radius 1 is 1.26 bits per heavy atom. The maximum Gasteiger partial charge on any atom is 0.251 e. The number of amides is 1. The van der Waals surface area contributed by atoms with Gasteiger partial charge >= 0.3 is 0 Å². The number of nitrogens with one attached hydrogen (secondary N) is 1. The third kappa shape index (κ3) is 3.87. The van der Waals surface area contributed by atoms with Crippen LogP contribution < -0.4 is 5.32 Å². The first-order chi connectivity index (χ1) is 13.2. The zero-order valence-electron chi connectivity index (χ0n) is 15.2. The van der Waals surface area contributed by atoms with Crippen LogP contribution in [0.5, 0.6) is 0 Å². The van der Waals surface area contributed by atoms with Gasteiger partial charge in [0.2, 0.25) is 0 Å². The Kier molecular flexibility index (Phi) is 5.18. The number of hydrogen-bond acceptors (Lipinski definition) is 4. The summed E-state index contributed by atoms with van der Waals surface area (Å²) < 4.78 is 19.9. The quantitative estimate of drug-likeness (QED) is 0.851. The van der Waals surface area contributed by atoms with Crippen molar-refractivity contribution in [2.45, 2.75) is 25.0 Å². The molecule has 6 heteroatoms. The molecular weight excluding hydrogens is 345 g/mol. The summed E-state index contributed by atoms with van der Waals surface area (Å²) in [5, 5.41) is 2.98. The van der Waals surface area contributed by atoms with Crippen LogP contribution in [0.25, 0.3) is 0 Å². The molecule has 4 rings (SSSR count). The minimum absolute atomic E-state index is 0.0693. The van der Waals surface area contributed by atoms with E-state index in [-0.39, 0.29) is 17.3 Å². The Morgan fingerprint density at radius 3 is 2.81 bits per heavy atom. The molecule has 1 N–H and O–H groups in total. The van der Waals surface area contributed by atoms with Crippen molar-refractivity contribution >= 4 is 5.91 Å². The van der Waals surface area contributed by atoms with Gasteiger partial charge in [0.15, 0.2) is 0 Å². The normalized spacial score (nSPS) is 21.1. The van der Waals surface area contributed by atoms with E-state index in [1.807, 2.05) is 12.1 Å². The van der Waals surface area contributed by atoms with Crippen molar-refractivity contribution in [1.29, 1.82) is 0 Å². The largest absolute Gasteiger partial charge is 0.372 e. The maximum atomic E-state index is 13.8. The van der Waals surface area contributed by atoms with Gasteiger partial charge in [-0.25, -0.2) is 4.39 Å². The summed E-state index contributed by atoms with van der Waals surface area (Å²) in [7, 11) is 0. The molecule has 1 aromatic heterocycles. The summed E-state index contributed by atoms with van der Waals surface area (Å²) in [4.78, 5) is 18.3. The monoisotopic (exact) mass is 369 g/mol. The summed E-state index contributed by atoms with van der Waals surface area (Å²) in [6.07, 6.45) is 5.14. The summed E-state index contributed by atoms with van der Waals surface area (Å²) in [5.74, 6) is 0.202. The lowest BCUT2D eigenvalue weighted by molar-refractivity contribution is -0.137. The van der Waals surface area contributed by atoms with Crippen molar-refractivity contribution in [2.75, 3.05) is 26.2 Å². The molecule has 0 aliphatic carbocycles. The molecule has 2 saturated heterocycles. The molecule has 2 aromatic rings. The van der Waals surface area contributed by atoms with Crippen LogP contribution in [0.2, 0.25) is 0 Å². The molecule has 5 nitrogen and oxygen atoms in total. The van der Waals surface area contributed by atoms with Gasteiger partial charge in [-0.3, -0.25) is 14.7 Å². The lowest BCUT2D eigenvalue weighted by Gasteiger charge is -2.50. The van der Waals surface area contributed by atoms with Gasteiger partial charge in [-0.05, 0) is 37.0 Å². The Hall–Kier alpha value is -2.31. The van der Waals surface area contributed by atoms with Gasteiger partial charge in [-0.2, -0.15) is 0 Å². The van der Waals surface area contributed by atoms with E-state index < -0.39 is 0 Å². The van der Waals surface area contributed by atoms with Gasteiger partial charge < -0.3 is 10.1 Å². The minimum atomic E-state index is -0.152. The van der Waals surface area contributed by atoms with E-state index in [0.717, 1.165) is 38.1 Å². The maximum absolute atomic E-state index is 13.8. The molecule has 3 heterocycles. The Balaban J connectivity index is 1.26. The number of pyridine rings is 1. The summed E-state index contributed by atoms with van der Waals surface area (Å²) in [6.45, 7) is 3.65. The summed E-state index contributed by atoms with van der Waals surface area (Å²) in [6, 6.07) is 10.3. The van der Waals surface area contributed by atoms with Crippen molar-refractivity contribution in [2.24, 2.45) is 5.92 Å². The number of rotatable bonds is 6. The number of hydrogen-bond donors (Lipinski definition) is 1. The van der Waals surface area contributed by atoms with Crippen LogP contribution >= 0.6 is 0 Å². The molecule has 142 valence electrons. The van der Waals surface area contributed by atoms with Crippen LogP contribution in [0.15, 0.2) is 48.8 Å². The second kappa shape index (κ2) is 7.74. The highest BCUT2D eigenvalue weighted by molar-refractivity contribution is 5.93. The van der Waals surface area contributed by atoms with Gasteiger partial charge in [0.1, 0.15) is 5.82 Å². The molecule has 0 unspecified atom stereocenters. The molecule has 0 bridgehead atoms. The number of benzene rings is 1. The van der Waals surface area contributed by atoms with E-state index in [0.29, 0.717) is 24.6 Å². The number of ether oxygens (including phenoxy) is 1. The van der Waals surface area contributed by atoms with E-state index in [1.165, 1.54) is 6.07 Å². The zero-order valence-corrected chi connectivity index (χ0v) is 15.2. The number of halogens is 1. The van der Waals surface area contributed by atoms with Crippen molar-refractivity contribution in [3.05, 3.63) is 65.7 Å². The van der Waals surface area contributed by atoms with E-state index in [9.17, 15) is 9.18 Å².